The van der Waals surface area contributed by atoms with Gasteiger partial charge in [-0.05, 0) is 175 Å². The zero-order chi connectivity index (χ0) is 75.8. The second kappa shape index (κ2) is 32.4. The quantitative estimate of drug-likeness (QED) is 0.0317. The number of aromatic nitrogens is 6. The summed E-state index contributed by atoms with van der Waals surface area (Å²) in [5.74, 6) is -8.94. The number of nitrogens with zero attached hydrogens (tertiary/aromatic N) is 6. The Kier molecular flexibility index (Phi) is 24.3. The van der Waals surface area contributed by atoms with E-state index in [1.807, 2.05) is 109 Å². The standard InChI is InChI=1S/C26H31N5O3.C25H30FN5O3.C23H22F5N5O2/c1-15-3-4-16(2)21(13-15)26(34)29-14-17-5-9-19(10-6-17)31-24(25(28)33)22(27)23(30-31)18-7-11-20(32)12-8-18;1-6-34-19-11-16(12-29-25(33)17-9-14(4)7-8-15(17)5)10-18(26)22(19)31-23(24(28)32)20(27)21(30-31)13(2)3;1-10-4-5-11(2)14(6-10)22(35)31-9-13-7-15(24)19(16(25)8-13)33-20(21(30)34)17(29)18(32-33)12(3)23(26,27)28/h3-6,9-10,13,18,20,32H,7-8,11-12,14,27H2,1-2H3,(H2,28,33)(H,29,34);7-11,13H,6,12,27H2,1-5H3,(H2,28,32)(H,29,33);4-8,12H,9,29H2,1-3H3,(H2,30,34)(H,31,35). The third-order valence-electron chi connectivity index (χ3n) is 17.4. The molecule has 3 heterocycles. The van der Waals surface area contributed by atoms with Gasteiger partial charge < -0.3 is 60.2 Å². The molecule has 10 rings (SSSR count). The third kappa shape index (κ3) is 17.8. The predicted molar refractivity (Wildman–Crippen MR) is 378 cm³/mol. The van der Waals surface area contributed by atoms with E-state index >= 15 is 4.39 Å². The number of benzene rings is 6. The molecule has 9 aromatic rings. The summed E-state index contributed by atoms with van der Waals surface area (Å²) in [4.78, 5) is 74.0. The minimum atomic E-state index is -4.78. The Morgan fingerprint density at radius 2 is 0.913 bits per heavy atom. The highest BCUT2D eigenvalue weighted by Gasteiger charge is 2.42. The number of amides is 6. The molecule has 16 N–H and O–H groups in total. The van der Waals surface area contributed by atoms with Crippen molar-refractivity contribution in [1.29, 1.82) is 0 Å². The van der Waals surface area contributed by atoms with Crippen LogP contribution in [-0.4, -0.2) is 88.8 Å². The number of alkyl halides is 3. The van der Waals surface area contributed by atoms with Crippen LogP contribution in [0.25, 0.3) is 17.1 Å². The fourth-order valence-electron chi connectivity index (χ4n) is 11.8. The van der Waals surface area contributed by atoms with Crippen molar-refractivity contribution in [1.82, 2.24) is 45.3 Å². The first-order valence-corrected chi connectivity index (χ1v) is 32.9. The largest absolute Gasteiger partial charge is 0.491 e. The summed E-state index contributed by atoms with van der Waals surface area (Å²) in [5, 5.41) is 30.7. The fourth-order valence-corrected chi connectivity index (χ4v) is 11.8. The Morgan fingerprint density at radius 3 is 1.33 bits per heavy atom. The number of anilines is 3. The average molecular weight is 1420 g/mol. The molecular weight excluding hydrogens is 1340 g/mol. The molecule has 6 amide bonds. The number of aliphatic hydroxyl groups is 1. The monoisotopic (exact) mass is 1420 g/mol. The molecule has 0 spiro atoms. The van der Waals surface area contributed by atoms with E-state index in [9.17, 15) is 55.8 Å². The number of primary amides is 3. The Balaban J connectivity index is 0.000000196. The molecular formula is C74H83F6N15O8. The second-order valence-corrected chi connectivity index (χ2v) is 25.6. The molecule has 23 nitrogen and oxygen atoms in total. The van der Waals surface area contributed by atoms with Gasteiger partial charge in [-0.15, -0.1) is 0 Å². The van der Waals surface area contributed by atoms with Gasteiger partial charge in [0.25, 0.3) is 35.4 Å². The van der Waals surface area contributed by atoms with Gasteiger partial charge in [-0.3, -0.25) is 28.8 Å². The van der Waals surface area contributed by atoms with Crippen molar-refractivity contribution < 1.29 is 65.0 Å². The maximum absolute atomic E-state index is 15.4. The minimum absolute atomic E-state index is 0.0204. The van der Waals surface area contributed by atoms with Gasteiger partial charge in [0, 0.05) is 42.2 Å². The molecule has 1 aliphatic rings. The van der Waals surface area contributed by atoms with Crippen LogP contribution in [0.5, 0.6) is 5.75 Å². The minimum Gasteiger partial charge on any atom is -0.491 e. The number of rotatable bonds is 20. The molecule has 3 aromatic heterocycles. The van der Waals surface area contributed by atoms with Crippen molar-refractivity contribution in [3.8, 4) is 22.8 Å². The normalized spacial score (nSPS) is 13.8. The maximum Gasteiger partial charge on any atom is 0.397 e. The first kappa shape index (κ1) is 77.3. The number of aryl methyl sites for hydroxylation is 6. The first-order chi connectivity index (χ1) is 48.5. The summed E-state index contributed by atoms with van der Waals surface area (Å²) in [6, 6.07) is 28.7. The van der Waals surface area contributed by atoms with Crippen molar-refractivity contribution in [3.05, 3.63) is 222 Å². The number of aliphatic hydroxyl groups excluding tert-OH is 1. The van der Waals surface area contributed by atoms with Crippen molar-refractivity contribution in [2.75, 3.05) is 23.8 Å². The van der Waals surface area contributed by atoms with Crippen LogP contribution in [0.4, 0.5) is 43.4 Å². The highest BCUT2D eigenvalue weighted by atomic mass is 19.4. The molecule has 0 saturated heterocycles. The van der Waals surface area contributed by atoms with E-state index in [4.69, 9.17) is 39.1 Å². The van der Waals surface area contributed by atoms with E-state index in [2.05, 4.69) is 31.2 Å². The molecule has 103 heavy (non-hydrogen) atoms. The van der Waals surface area contributed by atoms with Gasteiger partial charge in [-0.25, -0.2) is 27.2 Å². The molecule has 1 aliphatic carbocycles. The van der Waals surface area contributed by atoms with Crippen LogP contribution in [0, 0.1) is 59.0 Å². The Morgan fingerprint density at radius 1 is 0.524 bits per heavy atom. The van der Waals surface area contributed by atoms with E-state index in [0.29, 0.717) is 74.6 Å². The van der Waals surface area contributed by atoms with Gasteiger partial charge >= 0.3 is 6.18 Å². The van der Waals surface area contributed by atoms with Crippen LogP contribution in [0.3, 0.4) is 0 Å². The molecule has 0 radical (unpaired) electrons. The molecule has 0 aliphatic heterocycles. The van der Waals surface area contributed by atoms with Crippen molar-refractivity contribution in [2.45, 2.75) is 145 Å². The number of hydrogen-bond donors (Lipinski definition) is 10. The molecule has 1 atom stereocenters. The average Bonchev–Trinajstić information content (AvgIpc) is 1.64. The summed E-state index contributed by atoms with van der Waals surface area (Å²) < 4.78 is 93.5. The van der Waals surface area contributed by atoms with Crippen molar-refractivity contribution in [2.24, 2.45) is 17.2 Å². The number of ether oxygens (including phenoxy) is 1. The first-order valence-electron chi connectivity index (χ1n) is 32.9. The van der Waals surface area contributed by atoms with Crippen molar-refractivity contribution in [3.63, 3.8) is 0 Å². The van der Waals surface area contributed by atoms with Crippen LogP contribution >= 0.6 is 0 Å². The van der Waals surface area contributed by atoms with Gasteiger partial charge in [0.15, 0.2) is 34.5 Å². The van der Waals surface area contributed by atoms with Gasteiger partial charge in [0.2, 0.25) is 0 Å². The number of hydrogen-bond acceptors (Lipinski definition) is 14. The molecule has 29 heteroatoms. The fraction of sp³-hybridized carbons (Fsp3) is 0.311. The number of carbonyl (C=O) groups is 6. The number of nitrogen functional groups attached to an aromatic ring is 3. The SMILES string of the molecule is CCOc1cc(CNC(=O)c2cc(C)ccc2C)cc(F)c1-n1nc(C(C)C)c(N)c1C(N)=O.Cc1ccc(C)c(C(=O)NCc2cc(F)c(-n3nc(C(C)C(F)(F)F)c(N)c3C(N)=O)c(F)c2)c1.Cc1ccc(C)c(C(=O)NCc2ccc(-n3nc(C4CCC(O)CC4)c(N)c3C(N)=O)cc2)c1. The van der Waals surface area contributed by atoms with Gasteiger partial charge in [-0.1, -0.05) is 79.1 Å². The topological polar surface area (TPSA) is 378 Å². The van der Waals surface area contributed by atoms with Crippen molar-refractivity contribution >= 4 is 52.5 Å². The zero-order valence-corrected chi connectivity index (χ0v) is 58.5. The molecule has 0 bridgehead atoms. The second-order valence-electron chi connectivity index (χ2n) is 25.6. The Labute approximate surface area is 590 Å². The van der Waals surface area contributed by atoms with E-state index in [1.54, 1.807) is 38.1 Å². The molecule has 6 aromatic carbocycles. The number of nitrogens with one attached hydrogen (secondary N) is 3. The van der Waals surface area contributed by atoms with E-state index < -0.39 is 75.9 Å². The van der Waals surface area contributed by atoms with E-state index in [1.165, 1.54) is 10.7 Å². The summed E-state index contributed by atoms with van der Waals surface area (Å²) in [5.41, 5.74) is 41.7. The van der Waals surface area contributed by atoms with Crippen LogP contribution in [0.15, 0.2) is 103 Å². The van der Waals surface area contributed by atoms with E-state index in [-0.39, 0.29) is 83.5 Å². The lowest BCUT2D eigenvalue weighted by molar-refractivity contribution is -0.147. The number of halogens is 6. The van der Waals surface area contributed by atoms with Gasteiger partial charge in [0.1, 0.15) is 17.1 Å². The van der Waals surface area contributed by atoms with Crippen LogP contribution in [-0.2, 0) is 19.6 Å². The molecule has 544 valence electrons. The lowest BCUT2D eigenvalue weighted by Crippen LogP contribution is -2.24. The molecule has 1 saturated carbocycles. The van der Waals surface area contributed by atoms with E-state index in [0.717, 1.165) is 70.0 Å². The van der Waals surface area contributed by atoms with Crippen LogP contribution in [0.2, 0.25) is 0 Å². The summed E-state index contributed by atoms with van der Waals surface area (Å²) >= 11 is 0. The number of nitrogens with two attached hydrogens (primary N) is 6. The smallest absolute Gasteiger partial charge is 0.397 e. The number of carbonyl (C=O) groups excluding carboxylic acids is 6. The summed E-state index contributed by atoms with van der Waals surface area (Å²) in [6.45, 7) is 17.8. The predicted octanol–water partition coefficient (Wildman–Crippen LogP) is 10.9. The highest BCUT2D eigenvalue weighted by Crippen LogP contribution is 2.40. The molecule has 1 fully saturated rings. The van der Waals surface area contributed by atoms with Gasteiger partial charge in [-0.2, -0.15) is 28.5 Å². The Hall–Kier alpha value is -11.5. The van der Waals surface area contributed by atoms with Gasteiger partial charge in [0.05, 0.1) is 58.5 Å². The lowest BCUT2D eigenvalue weighted by atomic mass is 9.85. The highest BCUT2D eigenvalue weighted by molar-refractivity contribution is 6.00. The van der Waals surface area contributed by atoms with Crippen LogP contribution in [0.1, 0.15) is 201 Å². The summed E-state index contributed by atoms with van der Waals surface area (Å²) in [7, 11) is 0. The maximum atomic E-state index is 15.4. The zero-order valence-electron chi connectivity index (χ0n) is 58.5. The summed E-state index contributed by atoms with van der Waals surface area (Å²) in [6.07, 6.45) is -2.18. The lowest BCUT2D eigenvalue weighted by Gasteiger charge is -2.24. The van der Waals surface area contributed by atoms with Crippen LogP contribution < -0.4 is 55.1 Å². The Bertz CT molecular complexity index is 4690. The molecule has 1 unspecified atom stereocenters. The third-order valence-corrected chi connectivity index (χ3v) is 17.4.